The molecule has 0 atom stereocenters. The fourth-order valence-electron chi connectivity index (χ4n) is 1.31. The van der Waals surface area contributed by atoms with Gasteiger partial charge >= 0.3 is 94.9 Å². The van der Waals surface area contributed by atoms with Crippen molar-refractivity contribution in [1.29, 1.82) is 5.26 Å². The van der Waals surface area contributed by atoms with Crippen LogP contribution >= 0.6 is 0 Å². The summed E-state index contributed by atoms with van der Waals surface area (Å²) in [5.41, 5.74) is 1.86. The number of allylic oxidation sites excluding steroid dienone is 1. The number of hydrogen-bond donors (Lipinski definition) is 0. The van der Waals surface area contributed by atoms with Crippen LogP contribution in [0.5, 0.6) is 0 Å². The van der Waals surface area contributed by atoms with E-state index in [2.05, 4.69) is 11.0 Å². The number of hydrogen-bond acceptors (Lipinski definition) is 1. The van der Waals surface area contributed by atoms with Gasteiger partial charge in [0.25, 0.3) is 0 Å². The van der Waals surface area contributed by atoms with E-state index in [-0.39, 0.29) is 0 Å². The van der Waals surface area contributed by atoms with Crippen molar-refractivity contribution >= 4 is 26.2 Å². The predicted octanol–water partition coefficient (Wildman–Crippen LogP) is 2.81. The molecule has 0 fully saturated rings. The van der Waals surface area contributed by atoms with Crippen molar-refractivity contribution in [2.24, 2.45) is 0 Å². The standard InChI is InChI=1S/C13H9NSe/c14-10-12(13-7-4-8-15-13)9-11-5-2-1-3-6-11/h1-9H/b12-9+. The third kappa shape index (κ3) is 2.47. The van der Waals surface area contributed by atoms with Crippen molar-refractivity contribution in [3.05, 3.63) is 57.4 Å². The van der Waals surface area contributed by atoms with Crippen molar-refractivity contribution in [3.8, 4) is 6.07 Å². The minimum atomic E-state index is 0.330. The first-order valence-corrected chi connectivity index (χ1v) is 6.45. The maximum atomic E-state index is 9.07. The molecular weight excluding hydrogens is 249 g/mol. The molecule has 1 nitrogen and oxygen atoms in total. The van der Waals surface area contributed by atoms with Crippen molar-refractivity contribution in [3.63, 3.8) is 0 Å². The molecule has 0 aliphatic carbocycles. The van der Waals surface area contributed by atoms with Crippen molar-refractivity contribution in [2.45, 2.75) is 0 Å². The summed E-state index contributed by atoms with van der Waals surface area (Å²) in [5, 5.41) is 9.07. The molecular formula is C13H9NSe. The number of benzene rings is 1. The van der Waals surface area contributed by atoms with Crippen LogP contribution in [0, 0.1) is 11.3 Å². The Morgan fingerprint density at radius 3 is 2.53 bits per heavy atom. The molecule has 0 spiro atoms. The summed E-state index contributed by atoms with van der Waals surface area (Å²) >= 11 is 0.330. The molecule has 0 aliphatic rings. The molecule has 2 heteroatoms. The molecule has 2 aromatic rings. The van der Waals surface area contributed by atoms with Gasteiger partial charge in [-0.3, -0.25) is 0 Å². The van der Waals surface area contributed by atoms with E-state index in [0.717, 1.165) is 15.6 Å². The Morgan fingerprint density at radius 1 is 1.13 bits per heavy atom. The summed E-state index contributed by atoms with van der Waals surface area (Å²) in [5.74, 6) is 0. The number of rotatable bonds is 2. The van der Waals surface area contributed by atoms with Crippen molar-refractivity contribution in [1.82, 2.24) is 0 Å². The van der Waals surface area contributed by atoms with Crippen molar-refractivity contribution < 1.29 is 0 Å². The van der Waals surface area contributed by atoms with Crippen LogP contribution in [0.25, 0.3) is 11.6 Å². The summed E-state index contributed by atoms with van der Waals surface area (Å²) in [6.07, 6.45) is 1.95. The molecule has 0 radical (unpaired) electrons. The molecule has 1 aromatic carbocycles. The predicted molar refractivity (Wildman–Crippen MR) is 63.3 cm³/mol. The third-order valence-electron chi connectivity index (χ3n) is 2.02. The number of nitrogens with zero attached hydrogens (tertiary/aromatic N) is 1. The van der Waals surface area contributed by atoms with E-state index in [1.54, 1.807) is 0 Å². The van der Waals surface area contributed by atoms with Gasteiger partial charge in [-0.1, -0.05) is 0 Å². The second kappa shape index (κ2) is 4.79. The molecule has 0 amide bonds. The van der Waals surface area contributed by atoms with E-state index in [1.165, 1.54) is 0 Å². The Balaban J connectivity index is 2.37. The number of nitriles is 1. The Morgan fingerprint density at radius 2 is 1.93 bits per heavy atom. The van der Waals surface area contributed by atoms with Crippen LogP contribution in [0.3, 0.4) is 0 Å². The van der Waals surface area contributed by atoms with Gasteiger partial charge in [0.15, 0.2) is 0 Å². The maximum absolute atomic E-state index is 9.07. The van der Waals surface area contributed by atoms with Gasteiger partial charge in [0.05, 0.1) is 0 Å². The van der Waals surface area contributed by atoms with Crippen LogP contribution in [0.2, 0.25) is 0 Å². The van der Waals surface area contributed by atoms with E-state index >= 15 is 0 Å². The van der Waals surface area contributed by atoms with E-state index < -0.39 is 0 Å². The van der Waals surface area contributed by atoms with Crippen LogP contribution in [-0.2, 0) is 0 Å². The Labute approximate surface area is 95.0 Å². The van der Waals surface area contributed by atoms with Gasteiger partial charge in [-0.25, -0.2) is 0 Å². The molecule has 0 unspecified atom stereocenters. The van der Waals surface area contributed by atoms with E-state index in [1.807, 2.05) is 48.5 Å². The minimum absolute atomic E-state index is 0.330. The monoisotopic (exact) mass is 259 g/mol. The van der Waals surface area contributed by atoms with Crippen LogP contribution < -0.4 is 0 Å². The summed E-state index contributed by atoms with van der Waals surface area (Å²) in [4.78, 5) is 2.12. The van der Waals surface area contributed by atoms with Crippen LogP contribution in [0.4, 0.5) is 0 Å². The molecule has 0 bridgehead atoms. The second-order valence-corrected chi connectivity index (χ2v) is 5.05. The molecule has 15 heavy (non-hydrogen) atoms. The quantitative estimate of drug-likeness (QED) is 0.600. The molecule has 0 aliphatic heterocycles. The zero-order valence-corrected chi connectivity index (χ0v) is 9.76. The molecule has 2 rings (SSSR count). The van der Waals surface area contributed by atoms with Crippen molar-refractivity contribution in [2.75, 3.05) is 0 Å². The fraction of sp³-hybridized carbons (Fsp3) is 0. The topological polar surface area (TPSA) is 23.8 Å². The average Bonchev–Trinajstić information content (AvgIpc) is 2.81. The Hall–Kier alpha value is -1.55. The summed E-state index contributed by atoms with van der Waals surface area (Å²) in [7, 11) is 0. The van der Waals surface area contributed by atoms with E-state index in [0.29, 0.717) is 14.5 Å². The van der Waals surface area contributed by atoms with Gasteiger partial charge in [-0.15, -0.1) is 0 Å². The van der Waals surface area contributed by atoms with Gasteiger partial charge in [0, 0.05) is 0 Å². The first-order valence-electron chi connectivity index (χ1n) is 4.61. The molecule has 1 heterocycles. The molecule has 0 N–H and O–H groups in total. The van der Waals surface area contributed by atoms with E-state index in [4.69, 9.17) is 5.26 Å². The first kappa shape index (κ1) is 9.98. The SMILES string of the molecule is N#C/C(=C\c1ccccc1)c1ccc[se]1. The Bertz CT molecular complexity index is 489. The van der Waals surface area contributed by atoms with Gasteiger partial charge in [0.2, 0.25) is 0 Å². The molecule has 1 aromatic heterocycles. The summed E-state index contributed by atoms with van der Waals surface area (Å²) in [6, 6.07) is 16.3. The molecule has 0 saturated carbocycles. The fourth-order valence-corrected chi connectivity index (χ4v) is 2.76. The van der Waals surface area contributed by atoms with Crippen LogP contribution in [0.1, 0.15) is 10.0 Å². The Kier molecular flexibility index (Phi) is 3.19. The van der Waals surface area contributed by atoms with Gasteiger partial charge in [0.1, 0.15) is 0 Å². The third-order valence-corrected chi connectivity index (χ3v) is 3.91. The van der Waals surface area contributed by atoms with Gasteiger partial charge < -0.3 is 0 Å². The average molecular weight is 258 g/mol. The normalized spacial score (nSPS) is 11.0. The van der Waals surface area contributed by atoms with E-state index in [9.17, 15) is 0 Å². The van der Waals surface area contributed by atoms with Gasteiger partial charge in [-0.05, 0) is 0 Å². The van der Waals surface area contributed by atoms with Crippen LogP contribution in [0.15, 0.2) is 47.4 Å². The second-order valence-electron chi connectivity index (χ2n) is 3.06. The summed E-state index contributed by atoms with van der Waals surface area (Å²) < 4.78 is 1.16. The first-order chi connectivity index (χ1) is 7.40. The van der Waals surface area contributed by atoms with Gasteiger partial charge in [-0.2, -0.15) is 0 Å². The summed E-state index contributed by atoms with van der Waals surface area (Å²) in [6.45, 7) is 0. The zero-order valence-electron chi connectivity index (χ0n) is 8.05. The molecule has 0 saturated heterocycles. The van der Waals surface area contributed by atoms with Crippen LogP contribution in [-0.4, -0.2) is 14.5 Å². The molecule has 72 valence electrons. The zero-order chi connectivity index (χ0) is 10.5.